The van der Waals surface area contributed by atoms with Crippen molar-refractivity contribution in [2.24, 2.45) is 5.92 Å². The summed E-state index contributed by atoms with van der Waals surface area (Å²) in [6, 6.07) is 7.30. The number of benzene rings is 1. The molecule has 11 nitrogen and oxygen atoms in total. The molecule has 2 aliphatic carbocycles. The Morgan fingerprint density at radius 1 is 1.10 bits per heavy atom. The molecule has 2 fully saturated rings. The Kier molecular flexibility index (Phi) is 7.90. The maximum Gasteiger partial charge on any atom is 0.303 e. The number of esters is 1. The third-order valence-corrected chi connectivity index (χ3v) is 7.72. The van der Waals surface area contributed by atoms with E-state index in [4.69, 9.17) is 14.6 Å². The molecule has 11 heteroatoms. The molecular formula is C29H35N5O6. The Bertz CT molecular complexity index is 1480. The quantitative estimate of drug-likeness (QED) is 0.390. The number of hydrogen-bond acceptors (Lipinski definition) is 7. The van der Waals surface area contributed by atoms with E-state index in [2.05, 4.69) is 10.6 Å². The monoisotopic (exact) mass is 549 g/mol. The topological polar surface area (TPSA) is 134 Å². The number of nitrogens with one attached hydrogen (secondary N) is 2. The fourth-order valence-corrected chi connectivity index (χ4v) is 5.34. The van der Waals surface area contributed by atoms with E-state index in [0.29, 0.717) is 23.8 Å². The Labute approximate surface area is 231 Å². The van der Waals surface area contributed by atoms with Crippen LogP contribution in [-0.4, -0.2) is 51.9 Å². The van der Waals surface area contributed by atoms with Gasteiger partial charge in [-0.15, -0.1) is 0 Å². The van der Waals surface area contributed by atoms with Crippen molar-refractivity contribution in [3.63, 3.8) is 0 Å². The zero-order valence-electron chi connectivity index (χ0n) is 23.0. The number of ether oxygens (including phenoxy) is 2. The molecule has 2 N–H and O–H groups in total. The van der Waals surface area contributed by atoms with Gasteiger partial charge in [-0.1, -0.05) is 0 Å². The first-order valence-corrected chi connectivity index (χ1v) is 13.8. The molecule has 0 saturated heterocycles. The first-order chi connectivity index (χ1) is 19.2. The van der Waals surface area contributed by atoms with Gasteiger partial charge in [-0.25, -0.2) is 0 Å². The van der Waals surface area contributed by atoms with Gasteiger partial charge >= 0.3 is 5.97 Å². The van der Waals surface area contributed by atoms with Crippen molar-refractivity contribution in [3.05, 3.63) is 52.6 Å². The van der Waals surface area contributed by atoms with Crippen LogP contribution in [0.25, 0.3) is 10.9 Å². The number of aromatic nitrogens is 3. The molecule has 1 aromatic carbocycles. The van der Waals surface area contributed by atoms with Crippen LogP contribution in [0.4, 0.5) is 5.69 Å². The second-order valence-electron chi connectivity index (χ2n) is 10.7. The van der Waals surface area contributed by atoms with Gasteiger partial charge in [-0.05, 0) is 69.6 Å². The molecule has 0 radical (unpaired) electrons. The van der Waals surface area contributed by atoms with Crippen LogP contribution in [0.5, 0.6) is 5.75 Å². The average Bonchev–Trinajstić information content (AvgIpc) is 3.70. The van der Waals surface area contributed by atoms with E-state index in [9.17, 15) is 19.2 Å². The number of methoxy groups -OCH3 is 1. The third-order valence-electron chi connectivity index (χ3n) is 7.72. The van der Waals surface area contributed by atoms with Gasteiger partial charge in [-0.3, -0.25) is 23.9 Å². The predicted molar refractivity (Wildman–Crippen MR) is 148 cm³/mol. The smallest absolute Gasteiger partial charge is 0.303 e. The largest absolute Gasteiger partial charge is 0.496 e. The molecule has 2 saturated carbocycles. The zero-order valence-corrected chi connectivity index (χ0v) is 23.0. The highest BCUT2D eigenvalue weighted by Crippen LogP contribution is 2.35. The summed E-state index contributed by atoms with van der Waals surface area (Å²) in [5, 5.41) is 11.2. The van der Waals surface area contributed by atoms with Crippen LogP contribution in [0.1, 0.15) is 74.8 Å². The second-order valence-corrected chi connectivity index (χ2v) is 10.7. The maximum atomic E-state index is 13.2. The minimum absolute atomic E-state index is 0.202. The lowest BCUT2D eigenvalue weighted by Crippen LogP contribution is -2.38. The molecule has 2 aromatic heterocycles. The number of carbonyl (C=O) groups is 3. The van der Waals surface area contributed by atoms with Crippen molar-refractivity contribution in [2.45, 2.75) is 70.6 Å². The fourth-order valence-electron chi connectivity index (χ4n) is 5.34. The Morgan fingerprint density at radius 3 is 2.50 bits per heavy atom. The number of anilines is 1. The molecule has 0 unspecified atom stereocenters. The summed E-state index contributed by atoms with van der Waals surface area (Å²) in [5.74, 6) is -0.453. The third kappa shape index (κ3) is 6.03. The van der Waals surface area contributed by atoms with Crippen molar-refractivity contribution >= 4 is 34.4 Å². The summed E-state index contributed by atoms with van der Waals surface area (Å²) in [6.45, 7) is 3.39. The van der Waals surface area contributed by atoms with Crippen LogP contribution in [-0.2, 0) is 14.3 Å². The summed E-state index contributed by atoms with van der Waals surface area (Å²) in [4.78, 5) is 49.2. The van der Waals surface area contributed by atoms with E-state index in [1.807, 2.05) is 10.9 Å². The minimum atomic E-state index is -0.802. The molecule has 0 spiro atoms. The van der Waals surface area contributed by atoms with Gasteiger partial charge in [0.1, 0.15) is 11.4 Å². The SMILES string of the molecule is COc1cc2nn(C3CCC(CNC(=O)[C@H](C)OC(C)=O)CC3)cc2cc1C(=O)Nc1cccn(C2CC2)c1=O. The molecule has 2 heterocycles. The summed E-state index contributed by atoms with van der Waals surface area (Å²) in [5.41, 5.74) is 1.09. The van der Waals surface area contributed by atoms with E-state index >= 15 is 0 Å². The number of amides is 2. The van der Waals surface area contributed by atoms with Gasteiger partial charge < -0.3 is 24.7 Å². The van der Waals surface area contributed by atoms with E-state index < -0.39 is 18.0 Å². The summed E-state index contributed by atoms with van der Waals surface area (Å²) < 4.78 is 14.1. The molecule has 5 rings (SSSR count). The van der Waals surface area contributed by atoms with Crippen LogP contribution < -0.4 is 20.9 Å². The molecule has 40 heavy (non-hydrogen) atoms. The van der Waals surface area contributed by atoms with Crippen LogP contribution in [0.3, 0.4) is 0 Å². The molecule has 3 aromatic rings. The molecule has 0 aliphatic heterocycles. The van der Waals surface area contributed by atoms with E-state index in [1.165, 1.54) is 14.0 Å². The van der Waals surface area contributed by atoms with Crippen molar-refractivity contribution < 1.29 is 23.9 Å². The molecular weight excluding hydrogens is 514 g/mol. The van der Waals surface area contributed by atoms with Gasteiger partial charge in [0.2, 0.25) is 0 Å². The fraction of sp³-hybridized carbons (Fsp3) is 0.483. The van der Waals surface area contributed by atoms with Crippen molar-refractivity contribution in [1.29, 1.82) is 0 Å². The van der Waals surface area contributed by atoms with Gasteiger partial charge in [0, 0.05) is 43.4 Å². The van der Waals surface area contributed by atoms with E-state index in [-0.39, 0.29) is 29.2 Å². The van der Waals surface area contributed by atoms with Crippen molar-refractivity contribution in [1.82, 2.24) is 19.7 Å². The summed E-state index contributed by atoms with van der Waals surface area (Å²) in [6.07, 6.45) is 8.50. The van der Waals surface area contributed by atoms with Crippen LogP contribution >= 0.6 is 0 Å². The highest BCUT2D eigenvalue weighted by Gasteiger charge is 2.27. The first-order valence-electron chi connectivity index (χ1n) is 13.8. The molecule has 0 bridgehead atoms. The Balaban J connectivity index is 1.24. The Morgan fingerprint density at radius 2 is 1.82 bits per heavy atom. The lowest BCUT2D eigenvalue weighted by Gasteiger charge is -2.29. The van der Waals surface area contributed by atoms with E-state index in [0.717, 1.165) is 49.4 Å². The molecule has 2 amide bonds. The van der Waals surface area contributed by atoms with Crippen LogP contribution in [0, 0.1) is 5.92 Å². The van der Waals surface area contributed by atoms with Gasteiger partial charge in [0.05, 0.1) is 24.2 Å². The van der Waals surface area contributed by atoms with Crippen molar-refractivity contribution in [3.8, 4) is 5.75 Å². The normalized spacial score (nSPS) is 19.6. The lowest BCUT2D eigenvalue weighted by molar-refractivity contribution is -0.152. The highest BCUT2D eigenvalue weighted by atomic mass is 16.5. The van der Waals surface area contributed by atoms with Crippen LogP contribution in [0.15, 0.2) is 41.5 Å². The number of hydrogen-bond donors (Lipinski definition) is 2. The Hall–Kier alpha value is -4.15. The number of rotatable bonds is 9. The lowest BCUT2D eigenvalue weighted by atomic mass is 9.86. The van der Waals surface area contributed by atoms with E-state index in [1.54, 1.807) is 42.0 Å². The predicted octanol–water partition coefficient (Wildman–Crippen LogP) is 3.59. The summed E-state index contributed by atoms with van der Waals surface area (Å²) in [7, 11) is 1.50. The number of fused-ring (bicyclic) bond motifs is 1. The number of nitrogens with zero attached hydrogens (tertiary/aromatic N) is 3. The molecule has 1 atom stereocenters. The summed E-state index contributed by atoms with van der Waals surface area (Å²) >= 11 is 0. The van der Waals surface area contributed by atoms with Gasteiger partial charge in [-0.2, -0.15) is 5.10 Å². The molecule has 212 valence electrons. The first kappa shape index (κ1) is 27.4. The van der Waals surface area contributed by atoms with Gasteiger partial charge in [0.15, 0.2) is 6.10 Å². The highest BCUT2D eigenvalue weighted by molar-refractivity contribution is 6.08. The maximum absolute atomic E-state index is 13.2. The molecule has 2 aliphatic rings. The second kappa shape index (κ2) is 11.5. The number of pyridine rings is 1. The zero-order chi connectivity index (χ0) is 28.4. The van der Waals surface area contributed by atoms with Gasteiger partial charge in [0.25, 0.3) is 17.4 Å². The minimum Gasteiger partial charge on any atom is -0.496 e. The average molecular weight is 550 g/mol. The van der Waals surface area contributed by atoms with Crippen molar-refractivity contribution in [2.75, 3.05) is 19.0 Å². The van der Waals surface area contributed by atoms with Crippen LogP contribution in [0.2, 0.25) is 0 Å². The number of carbonyl (C=O) groups excluding carboxylic acids is 3. The standard InChI is InChI=1S/C29H35N5O6/c1-17(40-18(2)35)27(36)30-15-19-6-8-22(9-7-19)34-16-20-13-23(26(39-3)14-25(20)32-34)28(37)31-24-5-4-12-33(29(24)38)21-10-11-21/h4-5,12-14,16-17,19,21-22H,6-11,15H2,1-3H3,(H,30,36)(H,31,37)/t17-,19?,22?/m0/s1.